The van der Waals surface area contributed by atoms with Crippen molar-refractivity contribution >= 4 is 11.5 Å². The maximum atomic E-state index is 13.9. The molecule has 0 aliphatic heterocycles. The van der Waals surface area contributed by atoms with Gasteiger partial charge in [0.1, 0.15) is 17.5 Å². The summed E-state index contributed by atoms with van der Waals surface area (Å²) in [5, 5.41) is 8.25. The third-order valence-electron chi connectivity index (χ3n) is 3.50. The number of para-hydroxylation sites is 1. The first-order chi connectivity index (χ1) is 9.97. The standard InChI is InChI=1S/C17H18F2N2/c1-4-21(16-11(2)7-5-8-12(16)3)17(20)15-13(18)9-6-10-14(15)19/h5-10,20H,4H2,1-3H3. The Balaban J connectivity index is 2.54. The lowest BCUT2D eigenvalue weighted by atomic mass is 10.1. The van der Waals surface area contributed by atoms with E-state index >= 15 is 0 Å². The van der Waals surface area contributed by atoms with Gasteiger partial charge in [0.05, 0.1) is 5.56 Å². The zero-order valence-corrected chi connectivity index (χ0v) is 12.4. The minimum Gasteiger partial charge on any atom is -0.326 e. The third kappa shape index (κ3) is 2.79. The Hall–Kier alpha value is -2.23. The summed E-state index contributed by atoms with van der Waals surface area (Å²) in [7, 11) is 0. The number of halogens is 2. The van der Waals surface area contributed by atoms with E-state index in [9.17, 15) is 8.78 Å². The predicted octanol–water partition coefficient (Wildman–Crippen LogP) is 4.43. The fourth-order valence-electron chi connectivity index (χ4n) is 2.52. The number of amidine groups is 1. The van der Waals surface area contributed by atoms with Gasteiger partial charge >= 0.3 is 0 Å². The van der Waals surface area contributed by atoms with Crippen molar-refractivity contribution in [2.24, 2.45) is 0 Å². The van der Waals surface area contributed by atoms with Crippen LogP contribution in [0.1, 0.15) is 23.6 Å². The molecule has 0 aliphatic rings. The highest BCUT2D eigenvalue weighted by molar-refractivity contribution is 6.09. The normalized spacial score (nSPS) is 10.5. The summed E-state index contributed by atoms with van der Waals surface area (Å²) < 4.78 is 27.8. The molecule has 0 fully saturated rings. The lowest BCUT2D eigenvalue weighted by molar-refractivity contribution is 0.578. The molecular formula is C17H18F2N2. The quantitative estimate of drug-likeness (QED) is 0.656. The van der Waals surface area contributed by atoms with Crippen LogP contribution in [0.3, 0.4) is 0 Å². The Morgan fingerprint density at radius 3 is 1.95 bits per heavy atom. The Morgan fingerprint density at radius 2 is 1.48 bits per heavy atom. The van der Waals surface area contributed by atoms with Crippen LogP contribution >= 0.6 is 0 Å². The molecule has 1 N–H and O–H groups in total. The van der Waals surface area contributed by atoms with E-state index in [2.05, 4.69) is 0 Å². The number of rotatable bonds is 3. The number of hydrogen-bond donors (Lipinski definition) is 1. The molecule has 2 aromatic rings. The van der Waals surface area contributed by atoms with Gasteiger partial charge in [0, 0.05) is 12.2 Å². The highest BCUT2D eigenvalue weighted by atomic mass is 19.1. The fourth-order valence-corrected chi connectivity index (χ4v) is 2.52. The largest absolute Gasteiger partial charge is 0.326 e. The van der Waals surface area contributed by atoms with Crippen molar-refractivity contribution in [1.29, 1.82) is 5.41 Å². The highest BCUT2D eigenvalue weighted by Crippen LogP contribution is 2.27. The minimum absolute atomic E-state index is 0.162. The number of benzene rings is 2. The second-order valence-electron chi connectivity index (χ2n) is 4.93. The summed E-state index contributed by atoms with van der Waals surface area (Å²) >= 11 is 0. The van der Waals surface area contributed by atoms with Gasteiger partial charge in [-0.15, -0.1) is 0 Å². The van der Waals surface area contributed by atoms with Crippen LogP contribution in [0.2, 0.25) is 0 Å². The maximum absolute atomic E-state index is 13.9. The Bertz CT molecular complexity index is 640. The van der Waals surface area contributed by atoms with Crippen LogP contribution < -0.4 is 4.90 Å². The van der Waals surface area contributed by atoms with E-state index in [1.54, 1.807) is 4.90 Å². The summed E-state index contributed by atoms with van der Waals surface area (Å²) in [5.74, 6) is -1.60. The van der Waals surface area contributed by atoms with Gasteiger partial charge in [0.15, 0.2) is 0 Å². The van der Waals surface area contributed by atoms with E-state index < -0.39 is 11.6 Å². The summed E-state index contributed by atoms with van der Waals surface area (Å²) in [5.41, 5.74) is 2.48. The van der Waals surface area contributed by atoms with E-state index in [1.807, 2.05) is 39.0 Å². The molecule has 21 heavy (non-hydrogen) atoms. The fraction of sp³-hybridized carbons (Fsp3) is 0.235. The van der Waals surface area contributed by atoms with Crippen molar-refractivity contribution in [3.8, 4) is 0 Å². The molecule has 0 radical (unpaired) electrons. The SMILES string of the molecule is CCN(C(=N)c1c(F)cccc1F)c1c(C)cccc1C. The number of aryl methyl sites for hydroxylation is 2. The average molecular weight is 288 g/mol. The lowest BCUT2D eigenvalue weighted by Crippen LogP contribution is -2.33. The van der Waals surface area contributed by atoms with Gasteiger partial charge in [-0.25, -0.2) is 8.78 Å². The Morgan fingerprint density at radius 1 is 1.00 bits per heavy atom. The van der Waals surface area contributed by atoms with Gasteiger partial charge in [-0.1, -0.05) is 24.3 Å². The zero-order valence-electron chi connectivity index (χ0n) is 12.4. The van der Waals surface area contributed by atoms with E-state index in [0.29, 0.717) is 6.54 Å². The molecular weight excluding hydrogens is 270 g/mol. The molecule has 4 heteroatoms. The first-order valence-corrected chi connectivity index (χ1v) is 6.84. The van der Waals surface area contributed by atoms with Crippen LogP contribution in [0.5, 0.6) is 0 Å². The monoisotopic (exact) mass is 288 g/mol. The Kier molecular flexibility index (Phi) is 4.36. The third-order valence-corrected chi connectivity index (χ3v) is 3.50. The molecule has 0 bridgehead atoms. The van der Waals surface area contributed by atoms with Crippen molar-refractivity contribution in [2.45, 2.75) is 20.8 Å². The zero-order chi connectivity index (χ0) is 15.6. The summed E-state index contributed by atoms with van der Waals surface area (Å²) in [6.07, 6.45) is 0. The van der Waals surface area contributed by atoms with Crippen molar-refractivity contribution < 1.29 is 8.78 Å². The van der Waals surface area contributed by atoms with Gasteiger partial charge in [-0.2, -0.15) is 0 Å². The average Bonchev–Trinajstić information content (AvgIpc) is 2.42. The topological polar surface area (TPSA) is 27.1 Å². The molecule has 0 saturated carbocycles. The second kappa shape index (κ2) is 6.04. The molecule has 0 amide bonds. The van der Waals surface area contributed by atoms with Crippen LogP contribution in [0, 0.1) is 30.9 Å². The smallest absolute Gasteiger partial charge is 0.138 e. The van der Waals surface area contributed by atoms with E-state index in [1.165, 1.54) is 18.2 Å². The van der Waals surface area contributed by atoms with Gasteiger partial charge in [0.2, 0.25) is 0 Å². The highest BCUT2D eigenvalue weighted by Gasteiger charge is 2.21. The van der Waals surface area contributed by atoms with Crippen molar-refractivity contribution in [2.75, 3.05) is 11.4 Å². The van der Waals surface area contributed by atoms with Crippen LogP contribution in [0.15, 0.2) is 36.4 Å². The first-order valence-electron chi connectivity index (χ1n) is 6.84. The van der Waals surface area contributed by atoms with E-state index in [4.69, 9.17) is 5.41 Å². The van der Waals surface area contributed by atoms with Crippen LogP contribution in [-0.4, -0.2) is 12.4 Å². The number of anilines is 1. The number of hydrogen-bond acceptors (Lipinski definition) is 1. The molecule has 2 nitrogen and oxygen atoms in total. The predicted molar refractivity (Wildman–Crippen MR) is 82.1 cm³/mol. The summed E-state index contributed by atoms with van der Waals surface area (Å²) in [4.78, 5) is 1.63. The van der Waals surface area contributed by atoms with Gasteiger partial charge in [-0.3, -0.25) is 5.41 Å². The van der Waals surface area contributed by atoms with E-state index in [-0.39, 0.29) is 11.4 Å². The molecule has 110 valence electrons. The van der Waals surface area contributed by atoms with Crippen molar-refractivity contribution in [3.63, 3.8) is 0 Å². The number of nitrogens with one attached hydrogen (secondary N) is 1. The van der Waals surface area contributed by atoms with Crippen LogP contribution in [0.25, 0.3) is 0 Å². The molecule has 0 atom stereocenters. The lowest BCUT2D eigenvalue weighted by Gasteiger charge is -2.27. The first kappa shape index (κ1) is 15.2. The van der Waals surface area contributed by atoms with Crippen LogP contribution in [-0.2, 0) is 0 Å². The maximum Gasteiger partial charge on any atom is 0.138 e. The Labute approximate surface area is 123 Å². The molecule has 0 heterocycles. The molecule has 0 spiro atoms. The molecule has 0 aliphatic carbocycles. The molecule has 2 aromatic carbocycles. The molecule has 0 saturated heterocycles. The molecule has 2 rings (SSSR count). The van der Waals surface area contributed by atoms with Gasteiger partial charge in [0.25, 0.3) is 0 Å². The summed E-state index contributed by atoms with van der Waals surface area (Å²) in [6, 6.07) is 9.43. The van der Waals surface area contributed by atoms with Gasteiger partial charge < -0.3 is 4.90 Å². The summed E-state index contributed by atoms with van der Waals surface area (Å²) in [6.45, 7) is 6.17. The molecule has 0 aromatic heterocycles. The molecule has 0 unspecified atom stereocenters. The van der Waals surface area contributed by atoms with Crippen LogP contribution in [0.4, 0.5) is 14.5 Å². The van der Waals surface area contributed by atoms with Crippen molar-refractivity contribution in [3.05, 3.63) is 64.7 Å². The van der Waals surface area contributed by atoms with Crippen molar-refractivity contribution in [1.82, 2.24) is 0 Å². The van der Waals surface area contributed by atoms with Gasteiger partial charge in [-0.05, 0) is 44.0 Å². The number of nitrogens with zero attached hydrogens (tertiary/aromatic N) is 1. The second-order valence-corrected chi connectivity index (χ2v) is 4.93. The minimum atomic E-state index is -0.718. The van der Waals surface area contributed by atoms with E-state index in [0.717, 1.165) is 16.8 Å².